The molecular formula is C15H23N3O3. The minimum atomic E-state index is -0.407. The Balaban J connectivity index is 2.25. The molecule has 6 heteroatoms. The normalized spacial score (nSPS) is 16.7. The van der Waals surface area contributed by atoms with Gasteiger partial charge >= 0.3 is 5.97 Å². The number of hydrogen-bond acceptors (Lipinski definition) is 4. The molecule has 1 N–H and O–H groups in total. The summed E-state index contributed by atoms with van der Waals surface area (Å²) >= 11 is 0. The van der Waals surface area contributed by atoms with Gasteiger partial charge in [0, 0.05) is 25.3 Å². The number of carbonyl (C=O) groups is 2. The largest absolute Gasteiger partial charge is 0.465 e. The lowest BCUT2D eigenvalue weighted by Gasteiger charge is -2.20. The van der Waals surface area contributed by atoms with E-state index >= 15 is 0 Å². The van der Waals surface area contributed by atoms with Gasteiger partial charge in [0.1, 0.15) is 5.69 Å². The summed E-state index contributed by atoms with van der Waals surface area (Å²) in [5, 5.41) is 0. The van der Waals surface area contributed by atoms with Crippen LogP contribution in [0.3, 0.4) is 0 Å². The fraction of sp³-hybridized carbons (Fsp3) is 0.600. The lowest BCUT2D eigenvalue weighted by Crippen LogP contribution is -2.35. The lowest BCUT2D eigenvalue weighted by molar-refractivity contribution is 0.0599. The number of hydrogen-bond donors (Lipinski definition) is 1. The fourth-order valence-electron chi connectivity index (χ4n) is 2.78. The molecule has 0 atom stereocenters. The maximum absolute atomic E-state index is 12.7. The summed E-state index contributed by atoms with van der Waals surface area (Å²) in [4.78, 5) is 31.6. The molecule has 116 valence electrons. The van der Waals surface area contributed by atoms with Crippen molar-refractivity contribution in [1.82, 2.24) is 14.8 Å². The number of methoxy groups -OCH3 is 1. The summed E-state index contributed by atoms with van der Waals surface area (Å²) in [5.41, 5.74) is 2.31. The highest BCUT2D eigenvalue weighted by atomic mass is 16.5. The first kappa shape index (κ1) is 15.6. The van der Waals surface area contributed by atoms with Gasteiger partial charge in [-0.15, -0.1) is 0 Å². The van der Waals surface area contributed by atoms with Crippen molar-refractivity contribution >= 4 is 11.9 Å². The number of ether oxygens (including phenoxy) is 1. The van der Waals surface area contributed by atoms with Crippen molar-refractivity contribution in [2.24, 2.45) is 0 Å². The predicted molar refractivity (Wildman–Crippen MR) is 79.6 cm³/mol. The van der Waals surface area contributed by atoms with Crippen LogP contribution in [0.4, 0.5) is 0 Å². The Hall–Kier alpha value is -1.82. The minimum Gasteiger partial charge on any atom is -0.465 e. The molecule has 0 aromatic carbocycles. The van der Waals surface area contributed by atoms with Crippen molar-refractivity contribution in [3.8, 4) is 0 Å². The number of rotatable bonds is 2. The summed E-state index contributed by atoms with van der Waals surface area (Å²) in [6.07, 6.45) is 0.963. The van der Waals surface area contributed by atoms with E-state index in [1.54, 1.807) is 13.8 Å². The van der Waals surface area contributed by atoms with E-state index in [-0.39, 0.29) is 5.91 Å². The number of likely N-dealkylation sites (N-methyl/N-ethyl adjacent to an activating group) is 1. The zero-order valence-corrected chi connectivity index (χ0v) is 13.2. The Morgan fingerprint density at radius 1 is 1.14 bits per heavy atom. The zero-order chi connectivity index (χ0) is 15.6. The van der Waals surface area contributed by atoms with Crippen molar-refractivity contribution in [1.29, 1.82) is 0 Å². The van der Waals surface area contributed by atoms with Crippen LogP contribution in [0.5, 0.6) is 0 Å². The molecule has 1 fully saturated rings. The average molecular weight is 293 g/mol. The zero-order valence-electron chi connectivity index (χ0n) is 13.2. The standard InChI is InChI=1S/C15H23N3O3/c1-10-12(15(20)21-4)11(2)16-13(10)14(19)18-7-5-6-17(3)8-9-18/h16H,5-9H2,1-4H3. The molecule has 6 nitrogen and oxygen atoms in total. The highest BCUT2D eigenvalue weighted by molar-refractivity contribution is 6.00. The Morgan fingerprint density at radius 3 is 2.52 bits per heavy atom. The van der Waals surface area contributed by atoms with Crippen LogP contribution in [0.2, 0.25) is 0 Å². The molecule has 21 heavy (non-hydrogen) atoms. The average Bonchev–Trinajstić information content (AvgIpc) is 2.63. The fourth-order valence-corrected chi connectivity index (χ4v) is 2.78. The number of nitrogens with zero attached hydrogens (tertiary/aromatic N) is 2. The van der Waals surface area contributed by atoms with Crippen molar-refractivity contribution in [2.75, 3.05) is 40.3 Å². The van der Waals surface area contributed by atoms with E-state index in [2.05, 4.69) is 16.9 Å². The van der Waals surface area contributed by atoms with Gasteiger partial charge in [0.2, 0.25) is 0 Å². The third-order valence-corrected chi connectivity index (χ3v) is 4.05. The van der Waals surface area contributed by atoms with Gasteiger partial charge in [-0.05, 0) is 39.4 Å². The highest BCUT2D eigenvalue weighted by Crippen LogP contribution is 2.20. The molecule has 0 unspecified atom stereocenters. The van der Waals surface area contributed by atoms with E-state index in [1.807, 2.05) is 4.90 Å². The van der Waals surface area contributed by atoms with Gasteiger partial charge in [-0.1, -0.05) is 0 Å². The van der Waals surface area contributed by atoms with E-state index in [0.29, 0.717) is 29.1 Å². The summed E-state index contributed by atoms with van der Waals surface area (Å²) < 4.78 is 4.78. The maximum atomic E-state index is 12.7. The van der Waals surface area contributed by atoms with Crippen LogP contribution in [-0.4, -0.2) is 67.0 Å². The van der Waals surface area contributed by atoms with Crippen molar-refractivity contribution in [2.45, 2.75) is 20.3 Å². The predicted octanol–water partition coefficient (Wildman–Crippen LogP) is 1.20. The van der Waals surface area contributed by atoms with Crippen LogP contribution >= 0.6 is 0 Å². The third kappa shape index (κ3) is 3.10. The van der Waals surface area contributed by atoms with E-state index < -0.39 is 5.97 Å². The monoisotopic (exact) mass is 293 g/mol. The number of aryl methyl sites for hydroxylation is 1. The van der Waals surface area contributed by atoms with Crippen molar-refractivity contribution in [3.63, 3.8) is 0 Å². The van der Waals surface area contributed by atoms with E-state index in [9.17, 15) is 9.59 Å². The molecule has 1 aliphatic rings. The van der Waals surface area contributed by atoms with E-state index in [4.69, 9.17) is 4.74 Å². The molecule has 1 aromatic heterocycles. The molecule has 0 radical (unpaired) electrons. The molecule has 0 aliphatic carbocycles. The molecule has 1 amide bonds. The van der Waals surface area contributed by atoms with Gasteiger partial charge in [-0.3, -0.25) is 4.79 Å². The quantitative estimate of drug-likeness (QED) is 0.832. The second-order valence-corrected chi connectivity index (χ2v) is 5.57. The van der Waals surface area contributed by atoms with Gasteiger partial charge < -0.3 is 19.5 Å². The molecule has 2 rings (SSSR count). The Bertz CT molecular complexity index is 551. The lowest BCUT2D eigenvalue weighted by atomic mass is 10.1. The Kier molecular flexibility index (Phi) is 4.67. The summed E-state index contributed by atoms with van der Waals surface area (Å²) in [5.74, 6) is -0.447. The number of amides is 1. The summed E-state index contributed by atoms with van der Waals surface area (Å²) in [6, 6.07) is 0. The second kappa shape index (κ2) is 6.30. The number of aromatic nitrogens is 1. The minimum absolute atomic E-state index is 0.0407. The number of carbonyl (C=O) groups excluding carboxylic acids is 2. The Labute approximate surface area is 125 Å². The van der Waals surface area contributed by atoms with E-state index in [0.717, 1.165) is 26.1 Å². The Morgan fingerprint density at radius 2 is 1.86 bits per heavy atom. The maximum Gasteiger partial charge on any atom is 0.339 e. The van der Waals surface area contributed by atoms with Crippen LogP contribution < -0.4 is 0 Å². The molecule has 1 aliphatic heterocycles. The molecular weight excluding hydrogens is 270 g/mol. The van der Waals surface area contributed by atoms with E-state index in [1.165, 1.54) is 7.11 Å². The van der Waals surface area contributed by atoms with Crippen LogP contribution in [0.25, 0.3) is 0 Å². The SMILES string of the molecule is COC(=O)c1c(C)[nH]c(C(=O)N2CCCN(C)CC2)c1C. The van der Waals surface area contributed by atoms with Crippen LogP contribution in [0.15, 0.2) is 0 Å². The van der Waals surface area contributed by atoms with Gasteiger partial charge in [-0.25, -0.2) is 4.79 Å². The third-order valence-electron chi connectivity index (χ3n) is 4.05. The topological polar surface area (TPSA) is 65.6 Å². The molecule has 0 saturated carbocycles. The molecule has 0 spiro atoms. The van der Waals surface area contributed by atoms with Crippen molar-refractivity contribution < 1.29 is 14.3 Å². The van der Waals surface area contributed by atoms with Crippen LogP contribution in [0.1, 0.15) is 38.5 Å². The van der Waals surface area contributed by atoms with Gasteiger partial charge in [0.05, 0.1) is 12.7 Å². The first-order valence-electron chi connectivity index (χ1n) is 7.21. The number of H-pyrrole nitrogens is 1. The number of aromatic amines is 1. The van der Waals surface area contributed by atoms with Crippen LogP contribution in [-0.2, 0) is 4.74 Å². The molecule has 0 bridgehead atoms. The molecule has 1 saturated heterocycles. The number of esters is 1. The van der Waals surface area contributed by atoms with Gasteiger partial charge in [-0.2, -0.15) is 0 Å². The summed E-state index contributed by atoms with van der Waals surface area (Å²) in [7, 11) is 3.41. The summed E-state index contributed by atoms with van der Waals surface area (Å²) in [6.45, 7) is 6.89. The van der Waals surface area contributed by atoms with Gasteiger partial charge in [0.25, 0.3) is 5.91 Å². The van der Waals surface area contributed by atoms with Gasteiger partial charge in [0.15, 0.2) is 0 Å². The number of nitrogens with one attached hydrogen (secondary N) is 1. The first-order chi connectivity index (χ1) is 9.95. The first-order valence-corrected chi connectivity index (χ1v) is 7.21. The second-order valence-electron chi connectivity index (χ2n) is 5.57. The van der Waals surface area contributed by atoms with Crippen LogP contribution in [0, 0.1) is 13.8 Å². The highest BCUT2D eigenvalue weighted by Gasteiger charge is 2.26. The molecule has 1 aromatic rings. The smallest absolute Gasteiger partial charge is 0.339 e. The molecule has 2 heterocycles. The van der Waals surface area contributed by atoms with Crippen molar-refractivity contribution in [3.05, 3.63) is 22.5 Å².